The van der Waals surface area contributed by atoms with Gasteiger partial charge in [0.25, 0.3) is 0 Å². The molecule has 0 atom stereocenters. The van der Waals surface area contributed by atoms with Crippen LogP contribution in [0.15, 0.2) is 218 Å². The SMILES string of the molecule is CC1(C)c2cc3ccccc3cc2-c2c(-c3ccc(-c4cc(-c5cc(-c6ccc7sc8ccccc8c7c6)cc(-c6ccc7sc8ccccc8c7c6)c5)nc(-c5ccccc5)n4)cc3)cccc21. The third kappa shape index (κ3) is 6.59. The van der Waals surface area contributed by atoms with Crippen molar-refractivity contribution in [3.63, 3.8) is 0 Å². The Hall–Kier alpha value is -8.02. The number of hydrogen-bond acceptors (Lipinski definition) is 4. The minimum Gasteiger partial charge on any atom is -0.228 e. The lowest BCUT2D eigenvalue weighted by Gasteiger charge is -2.22. The van der Waals surface area contributed by atoms with Gasteiger partial charge >= 0.3 is 0 Å². The molecule has 0 saturated carbocycles. The molecule has 3 aromatic heterocycles. The van der Waals surface area contributed by atoms with E-state index in [0.717, 1.165) is 39.2 Å². The van der Waals surface area contributed by atoms with Gasteiger partial charge in [0, 0.05) is 62.4 Å². The third-order valence-corrected chi connectivity index (χ3v) is 16.8. The zero-order valence-electron chi connectivity index (χ0n) is 38.0. The van der Waals surface area contributed by atoms with Gasteiger partial charge in [-0.3, -0.25) is 0 Å². The first-order valence-corrected chi connectivity index (χ1v) is 25.2. The molecule has 0 aliphatic heterocycles. The highest BCUT2D eigenvalue weighted by molar-refractivity contribution is 7.26. The highest BCUT2D eigenvalue weighted by Crippen LogP contribution is 2.53. The molecule has 0 saturated heterocycles. The monoisotopic (exact) mass is 914 g/mol. The van der Waals surface area contributed by atoms with Gasteiger partial charge < -0.3 is 0 Å². The molecule has 0 N–H and O–H groups in total. The molecule has 1 aliphatic carbocycles. The second-order valence-electron chi connectivity index (χ2n) is 18.9. The largest absolute Gasteiger partial charge is 0.228 e. The molecular formula is C65H42N2S2. The van der Waals surface area contributed by atoms with Crippen molar-refractivity contribution < 1.29 is 0 Å². The predicted molar refractivity (Wildman–Crippen MR) is 295 cm³/mol. The standard InChI is InChI=1S/C65H42N2S2/c1-65(2)55-20-12-19-49(63(55)54-36-42-15-6-7-16-43(42)37-56(54)65)39-23-25-40(26-24-39)57-38-58(67-64(66-57)41-13-4-3-5-14-41)48-32-46(44-27-29-61-52(34-44)50-17-8-10-21-59(50)68-61)31-47(33-48)45-28-30-62-53(35-45)51-18-9-11-22-60(51)69-62/h3-38H,1-2H3. The van der Waals surface area contributed by atoms with Crippen LogP contribution in [0.25, 0.3) is 130 Å². The van der Waals surface area contributed by atoms with Crippen LogP contribution in [0.5, 0.6) is 0 Å². The first kappa shape index (κ1) is 40.1. The second-order valence-corrected chi connectivity index (χ2v) is 21.1. The Morgan fingerprint density at radius 1 is 0.319 bits per heavy atom. The van der Waals surface area contributed by atoms with Crippen molar-refractivity contribution in [1.29, 1.82) is 0 Å². The summed E-state index contributed by atoms with van der Waals surface area (Å²) >= 11 is 3.71. The van der Waals surface area contributed by atoms with Crippen molar-refractivity contribution in [2.75, 3.05) is 0 Å². The average Bonchev–Trinajstić information content (AvgIpc) is 4.04. The summed E-state index contributed by atoms with van der Waals surface area (Å²) < 4.78 is 5.20. The molecule has 10 aromatic carbocycles. The lowest BCUT2D eigenvalue weighted by molar-refractivity contribution is 0.661. The summed E-state index contributed by atoms with van der Waals surface area (Å²) in [6, 6.07) is 80.3. The first-order valence-electron chi connectivity index (χ1n) is 23.6. The Labute approximate surface area is 408 Å². The number of aromatic nitrogens is 2. The van der Waals surface area contributed by atoms with Crippen molar-refractivity contribution in [3.8, 4) is 78.4 Å². The van der Waals surface area contributed by atoms with Crippen molar-refractivity contribution in [1.82, 2.24) is 9.97 Å². The highest BCUT2D eigenvalue weighted by atomic mass is 32.1. The van der Waals surface area contributed by atoms with E-state index in [9.17, 15) is 0 Å². The molecule has 14 rings (SSSR count). The van der Waals surface area contributed by atoms with Crippen molar-refractivity contribution in [2.45, 2.75) is 19.3 Å². The van der Waals surface area contributed by atoms with E-state index in [-0.39, 0.29) is 5.41 Å². The minimum absolute atomic E-state index is 0.108. The van der Waals surface area contributed by atoms with E-state index in [1.807, 2.05) is 28.7 Å². The van der Waals surface area contributed by atoms with Gasteiger partial charge in [0.1, 0.15) is 0 Å². The van der Waals surface area contributed by atoms with E-state index in [1.165, 1.54) is 95.6 Å². The Kier molecular flexibility index (Phi) is 9.01. The maximum atomic E-state index is 5.39. The molecule has 0 radical (unpaired) electrons. The predicted octanol–water partition coefficient (Wildman–Crippen LogP) is 18.7. The van der Waals surface area contributed by atoms with Crippen LogP contribution in [-0.4, -0.2) is 9.97 Å². The van der Waals surface area contributed by atoms with E-state index in [2.05, 4.69) is 226 Å². The molecular weight excluding hydrogens is 873 g/mol. The van der Waals surface area contributed by atoms with Crippen LogP contribution in [0, 0.1) is 0 Å². The first-order chi connectivity index (χ1) is 33.9. The molecule has 0 bridgehead atoms. The molecule has 13 aromatic rings. The molecule has 4 heteroatoms. The van der Waals surface area contributed by atoms with Crippen molar-refractivity contribution >= 4 is 73.8 Å². The quantitative estimate of drug-likeness (QED) is 0.166. The van der Waals surface area contributed by atoms with E-state index >= 15 is 0 Å². The number of nitrogens with zero attached hydrogens (tertiary/aromatic N) is 2. The maximum absolute atomic E-state index is 5.39. The second kappa shape index (κ2) is 15.5. The Morgan fingerprint density at radius 3 is 1.49 bits per heavy atom. The fraction of sp³-hybridized carbons (Fsp3) is 0.0462. The zero-order chi connectivity index (χ0) is 45.8. The van der Waals surface area contributed by atoms with Crippen LogP contribution >= 0.6 is 22.7 Å². The van der Waals surface area contributed by atoms with Gasteiger partial charge in [-0.05, 0) is 139 Å². The van der Waals surface area contributed by atoms with Gasteiger partial charge in [-0.15, -0.1) is 22.7 Å². The van der Waals surface area contributed by atoms with E-state index < -0.39 is 0 Å². The molecule has 2 nitrogen and oxygen atoms in total. The van der Waals surface area contributed by atoms with Crippen LogP contribution in [0.2, 0.25) is 0 Å². The van der Waals surface area contributed by atoms with E-state index in [4.69, 9.17) is 9.97 Å². The molecule has 0 fully saturated rings. The molecule has 0 amide bonds. The fourth-order valence-corrected chi connectivity index (χ4v) is 13.1. The van der Waals surface area contributed by atoms with Crippen LogP contribution in [0.1, 0.15) is 25.0 Å². The van der Waals surface area contributed by atoms with Crippen LogP contribution in [-0.2, 0) is 5.41 Å². The van der Waals surface area contributed by atoms with Crippen LogP contribution in [0.4, 0.5) is 0 Å². The Bertz CT molecular complexity index is 4080. The summed E-state index contributed by atoms with van der Waals surface area (Å²) in [6.45, 7) is 4.73. The topological polar surface area (TPSA) is 25.8 Å². The molecule has 0 unspecified atom stereocenters. The van der Waals surface area contributed by atoms with Crippen LogP contribution < -0.4 is 0 Å². The van der Waals surface area contributed by atoms with E-state index in [1.54, 1.807) is 0 Å². The van der Waals surface area contributed by atoms with Gasteiger partial charge in [0.15, 0.2) is 5.82 Å². The number of benzene rings is 10. The van der Waals surface area contributed by atoms with Gasteiger partial charge in [-0.25, -0.2) is 9.97 Å². The number of rotatable bonds is 6. The Morgan fingerprint density at radius 2 is 0.841 bits per heavy atom. The molecule has 3 heterocycles. The maximum Gasteiger partial charge on any atom is 0.160 e. The van der Waals surface area contributed by atoms with Gasteiger partial charge in [-0.1, -0.05) is 159 Å². The van der Waals surface area contributed by atoms with Crippen LogP contribution in [0.3, 0.4) is 0 Å². The third-order valence-electron chi connectivity index (χ3n) is 14.5. The van der Waals surface area contributed by atoms with Gasteiger partial charge in [-0.2, -0.15) is 0 Å². The zero-order valence-corrected chi connectivity index (χ0v) is 39.6. The van der Waals surface area contributed by atoms with Crippen molar-refractivity contribution in [2.24, 2.45) is 0 Å². The number of thiophene rings is 2. The summed E-state index contributed by atoms with van der Waals surface area (Å²) in [7, 11) is 0. The van der Waals surface area contributed by atoms with Gasteiger partial charge in [0.2, 0.25) is 0 Å². The van der Waals surface area contributed by atoms with Gasteiger partial charge in [0.05, 0.1) is 11.4 Å². The molecule has 324 valence electrons. The summed E-state index contributed by atoms with van der Waals surface area (Å²) in [5.74, 6) is 0.698. The fourth-order valence-electron chi connectivity index (χ4n) is 10.9. The Balaban J connectivity index is 0.926. The smallest absolute Gasteiger partial charge is 0.160 e. The molecule has 0 spiro atoms. The number of hydrogen-bond donors (Lipinski definition) is 0. The normalized spacial score (nSPS) is 12.9. The highest BCUT2D eigenvalue weighted by Gasteiger charge is 2.37. The number of fused-ring (bicyclic) bond motifs is 10. The molecule has 69 heavy (non-hydrogen) atoms. The summed E-state index contributed by atoms with van der Waals surface area (Å²) in [4.78, 5) is 10.7. The summed E-state index contributed by atoms with van der Waals surface area (Å²) in [5, 5.41) is 7.71. The van der Waals surface area contributed by atoms with Crippen molar-refractivity contribution in [3.05, 3.63) is 230 Å². The summed E-state index contributed by atoms with van der Waals surface area (Å²) in [5.41, 5.74) is 17.2. The lowest BCUT2D eigenvalue weighted by Crippen LogP contribution is -2.14. The van der Waals surface area contributed by atoms with E-state index in [0.29, 0.717) is 5.82 Å². The summed E-state index contributed by atoms with van der Waals surface area (Å²) in [6.07, 6.45) is 0. The molecule has 1 aliphatic rings. The lowest BCUT2D eigenvalue weighted by atomic mass is 9.81. The average molecular weight is 915 g/mol. The minimum atomic E-state index is -0.108.